The minimum absolute atomic E-state index is 0.116. The Morgan fingerprint density at radius 3 is 2.90 bits per heavy atom. The van der Waals surface area contributed by atoms with Crippen LogP contribution in [0.2, 0.25) is 5.02 Å². The Hall–Kier alpha value is -1.19. The van der Waals surface area contributed by atoms with Crippen LogP contribution in [0.15, 0.2) is 40.9 Å². The van der Waals surface area contributed by atoms with Crippen molar-refractivity contribution in [2.75, 3.05) is 5.32 Å². The molecule has 0 bridgehead atoms. The first-order valence-electron chi connectivity index (χ1n) is 6.93. The number of para-hydroxylation sites is 1. The molecule has 2 aromatic rings. The summed E-state index contributed by atoms with van der Waals surface area (Å²) in [5.41, 5.74) is 3.32. The van der Waals surface area contributed by atoms with Crippen LogP contribution in [0.1, 0.15) is 25.0 Å². The van der Waals surface area contributed by atoms with Crippen molar-refractivity contribution < 1.29 is 4.74 Å². The van der Waals surface area contributed by atoms with Gasteiger partial charge in [-0.15, -0.1) is 0 Å². The first kappa shape index (κ1) is 14.7. The normalized spacial score (nSPS) is 15.4. The van der Waals surface area contributed by atoms with Gasteiger partial charge in [0.15, 0.2) is 0 Å². The topological polar surface area (TPSA) is 21.3 Å². The first-order chi connectivity index (χ1) is 9.94. The highest BCUT2D eigenvalue weighted by molar-refractivity contribution is 9.10. The van der Waals surface area contributed by atoms with Gasteiger partial charge in [-0.2, -0.15) is 0 Å². The van der Waals surface area contributed by atoms with E-state index in [2.05, 4.69) is 53.3 Å². The van der Waals surface area contributed by atoms with E-state index < -0.39 is 0 Å². The second-order valence-corrected chi connectivity index (χ2v) is 7.21. The van der Waals surface area contributed by atoms with Crippen LogP contribution in [0.3, 0.4) is 0 Å². The maximum Gasteiger partial charge on any atom is 0.128 e. The van der Waals surface area contributed by atoms with Crippen LogP contribution in [0.4, 0.5) is 5.69 Å². The lowest BCUT2D eigenvalue weighted by Gasteiger charge is -2.18. The lowest BCUT2D eigenvalue weighted by molar-refractivity contribution is 0.137. The van der Waals surface area contributed by atoms with Crippen LogP contribution >= 0.6 is 27.5 Å². The smallest absolute Gasteiger partial charge is 0.128 e. The number of benzene rings is 2. The Bertz CT molecular complexity index is 684. The van der Waals surface area contributed by atoms with Gasteiger partial charge < -0.3 is 10.1 Å². The predicted octanol–water partition coefficient (Wildman–Crippen LogP) is 5.43. The fourth-order valence-electron chi connectivity index (χ4n) is 2.64. The number of ether oxygens (including phenoxy) is 1. The van der Waals surface area contributed by atoms with Gasteiger partial charge in [0, 0.05) is 28.0 Å². The molecule has 3 rings (SSSR count). The molecular weight excluding hydrogens is 350 g/mol. The molecular formula is C17H17BrClNO. The number of anilines is 1. The summed E-state index contributed by atoms with van der Waals surface area (Å²) in [6.07, 6.45) is 0.955. The predicted molar refractivity (Wildman–Crippen MR) is 91.3 cm³/mol. The zero-order valence-electron chi connectivity index (χ0n) is 12.0. The lowest BCUT2D eigenvalue weighted by Crippen LogP contribution is -2.25. The van der Waals surface area contributed by atoms with E-state index in [0.29, 0.717) is 6.54 Å². The zero-order chi connectivity index (χ0) is 15.0. The largest absolute Gasteiger partial charge is 0.487 e. The molecule has 1 aliphatic rings. The van der Waals surface area contributed by atoms with Gasteiger partial charge in [-0.3, -0.25) is 0 Å². The average molecular weight is 367 g/mol. The SMILES string of the molecule is CC1(C)Cc2cccc(CNc3cc(Cl)ccc3Br)c2O1. The molecule has 1 aliphatic heterocycles. The summed E-state index contributed by atoms with van der Waals surface area (Å²) < 4.78 is 7.09. The van der Waals surface area contributed by atoms with Crippen molar-refractivity contribution in [1.29, 1.82) is 0 Å². The van der Waals surface area contributed by atoms with Gasteiger partial charge >= 0.3 is 0 Å². The summed E-state index contributed by atoms with van der Waals surface area (Å²) in [7, 11) is 0. The lowest BCUT2D eigenvalue weighted by atomic mass is 10.0. The molecule has 0 aliphatic carbocycles. The molecule has 0 atom stereocenters. The number of fused-ring (bicyclic) bond motifs is 1. The highest BCUT2D eigenvalue weighted by Crippen LogP contribution is 2.38. The molecule has 1 heterocycles. The number of nitrogens with one attached hydrogen (secondary N) is 1. The Kier molecular flexibility index (Phi) is 3.89. The molecule has 1 N–H and O–H groups in total. The van der Waals surface area contributed by atoms with Crippen LogP contribution in [0.5, 0.6) is 5.75 Å². The van der Waals surface area contributed by atoms with Crippen LogP contribution in [0.25, 0.3) is 0 Å². The van der Waals surface area contributed by atoms with E-state index in [1.807, 2.05) is 18.2 Å². The number of hydrogen-bond donors (Lipinski definition) is 1. The third kappa shape index (κ3) is 3.19. The third-order valence-corrected chi connectivity index (χ3v) is 4.50. The van der Waals surface area contributed by atoms with Crippen LogP contribution < -0.4 is 10.1 Å². The van der Waals surface area contributed by atoms with Crippen molar-refractivity contribution in [3.05, 3.63) is 57.0 Å². The summed E-state index contributed by atoms with van der Waals surface area (Å²) in [5, 5.41) is 4.13. The molecule has 4 heteroatoms. The van der Waals surface area contributed by atoms with E-state index in [9.17, 15) is 0 Å². The fourth-order valence-corrected chi connectivity index (χ4v) is 3.20. The standard InChI is InChI=1S/C17H17BrClNO/c1-17(2)9-11-4-3-5-12(16(11)21-17)10-20-15-8-13(19)6-7-14(15)18/h3-8,20H,9-10H2,1-2H3. The summed E-state index contributed by atoms with van der Waals surface area (Å²) >= 11 is 9.58. The van der Waals surface area contributed by atoms with Crippen LogP contribution in [0, 0.1) is 0 Å². The molecule has 21 heavy (non-hydrogen) atoms. The molecule has 0 fully saturated rings. The molecule has 110 valence electrons. The molecule has 0 saturated carbocycles. The van der Waals surface area contributed by atoms with Crippen molar-refractivity contribution in [2.45, 2.75) is 32.4 Å². The van der Waals surface area contributed by atoms with E-state index in [1.54, 1.807) is 0 Å². The molecule has 0 unspecified atom stereocenters. The Morgan fingerprint density at radius 1 is 1.29 bits per heavy atom. The molecule has 2 nitrogen and oxygen atoms in total. The molecule has 0 aromatic heterocycles. The highest BCUT2D eigenvalue weighted by atomic mass is 79.9. The molecule has 0 amide bonds. The third-order valence-electron chi connectivity index (χ3n) is 3.57. The summed E-state index contributed by atoms with van der Waals surface area (Å²) in [6.45, 7) is 4.95. The quantitative estimate of drug-likeness (QED) is 0.782. The Labute approximate surface area is 138 Å². The summed E-state index contributed by atoms with van der Waals surface area (Å²) in [5.74, 6) is 1.02. The van der Waals surface area contributed by atoms with Gasteiger partial charge in [0.2, 0.25) is 0 Å². The van der Waals surface area contributed by atoms with Crippen molar-refractivity contribution in [2.24, 2.45) is 0 Å². The Morgan fingerprint density at radius 2 is 2.10 bits per heavy atom. The second kappa shape index (κ2) is 5.54. The molecule has 0 spiro atoms. The van der Waals surface area contributed by atoms with Gasteiger partial charge in [0.05, 0.1) is 5.69 Å². The van der Waals surface area contributed by atoms with Crippen molar-refractivity contribution >= 4 is 33.2 Å². The van der Waals surface area contributed by atoms with Crippen molar-refractivity contribution in [3.63, 3.8) is 0 Å². The van der Waals surface area contributed by atoms with E-state index in [-0.39, 0.29) is 5.60 Å². The van der Waals surface area contributed by atoms with Gasteiger partial charge in [-0.25, -0.2) is 0 Å². The van der Waals surface area contributed by atoms with Crippen LogP contribution in [-0.4, -0.2) is 5.60 Å². The van der Waals surface area contributed by atoms with Gasteiger partial charge in [0.1, 0.15) is 11.4 Å². The second-order valence-electron chi connectivity index (χ2n) is 5.92. The summed E-state index contributed by atoms with van der Waals surface area (Å²) in [4.78, 5) is 0. The highest BCUT2D eigenvalue weighted by Gasteiger charge is 2.31. The van der Waals surface area contributed by atoms with Gasteiger partial charge in [-0.05, 0) is 53.5 Å². The number of rotatable bonds is 3. The van der Waals surface area contributed by atoms with E-state index in [0.717, 1.165) is 27.4 Å². The first-order valence-corrected chi connectivity index (χ1v) is 8.10. The maximum absolute atomic E-state index is 6.09. The molecule has 0 saturated heterocycles. The number of halogens is 2. The number of hydrogen-bond acceptors (Lipinski definition) is 2. The summed E-state index contributed by atoms with van der Waals surface area (Å²) in [6, 6.07) is 12.1. The average Bonchev–Trinajstić information content (AvgIpc) is 2.74. The Balaban J connectivity index is 1.81. The van der Waals surface area contributed by atoms with Crippen molar-refractivity contribution in [1.82, 2.24) is 0 Å². The minimum Gasteiger partial charge on any atom is -0.487 e. The van der Waals surface area contributed by atoms with E-state index >= 15 is 0 Å². The van der Waals surface area contributed by atoms with Gasteiger partial charge in [-0.1, -0.05) is 29.8 Å². The molecule has 2 aromatic carbocycles. The minimum atomic E-state index is -0.116. The van der Waals surface area contributed by atoms with Crippen molar-refractivity contribution in [3.8, 4) is 5.75 Å². The van der Waals surface area contributed by atoms with E-state index in [1.165, 1.54) is 11.1 Å². The maximum atomic E-state index is 6.09. The fraction of sp³-hybridized carbons (Fsp3) is 0.294. The van der Waals surface area contributed by atoms with Gasteiger partial charge in [0.25, 0.3) is 0 Å². The zero-order valence-corrected chi connectivity index (χ0v) is 14.4. The monoisotopic (exact) mass is 365 g/mol. The van der Waals surface area contributed by atoms with E-state index in [4.69, 9.17) is 16.3 Å². The molecule has 0 radical (unpaired) electrons. The van der Waals surface area contributed by atoms with Crippen LogP contribution in [-0.2, 0) is 13.0 Å².